The van der Waals surface area contributed by atoms with Crippen LogP contribution in [0.1, 0.15) is 43.4 Å². The summed E-state index contributed by atoms with van der Waals surface area (Å²) in [5.74, 6) is 0.885. The molecule has 1 aromatic rings. The number of nitrogens with one attached hydrogen (secondary N) is 1. The van der Waals surface area contributed by atoms with E-state index in [4.69, 9.17) is 5.73 Å². The van der Waals surface area contributed by atoms with Crippen molar-refractivity contribution in [3.63, 3.8) is 0 Å². The van der Waals surface area contributed by atoms with E-state index in [-0.39, 0.29) is 5.91 Å². The number of benzene rings is 1. The van der Waals surface area contributed by atoms with E-state index < -0.39 is 0 Å². The van der Waals surface area contributed by atoms with Crippen LogP contribution in [0.4, 0.5) is 0 Å². The molecule has 1 rings (SSSR count). The van der Waals surface area contributed by atoms with Crippen LogP contribution in [0, 0.1) is 12.8 Å². The van der Waals surface area contributed by atoms with E-state index in [1.54, 1.807) is 0 Å². The Balaban J connectivity index is 2.65. The van der Waals surface area contributed by atoms with E-state index in [0.29, 0.717) is 31.3 Å². The molecule has 0 saturated carbocycles. The van der Waals surface area contributed by atoms with Crippen LogP contribution < -0.4 is 11.1 Å². The molecule has 0 aromatic heterocycles. The summed E-state index contributed by atoms with van der Waals surface area (Å²) in [6, 6.07) is 6.38. The molecule has 3 heteroatoms. The molecule has 1 amide bonds. The van der Waals surface area contributed by atoms with E-state index in [1.807, 2.05) is 6.92 Å². The highest BCUT2D eigenvalue weighted by atomic mass is 16.1. The standard InChI is InChI=1S/C16H26N2O/c1-11(2)14-6-5-13(4)15(7-14)8-16(19)18-10-12(3)9-17/h5-7,11-12H,8-10,17H2,1-4H3,(H,18,19). The fourth-order valence-corrected chi connectivity index (χ4v) is 1.85. The van der Waals surface area contributed by atoms with Gasteiger partial charge in [-0.3, -0.25) is 4.79 Å². The Kier molecular flexibility index (Phi) is 6.03. The van der Waals surface area contributed by atoms with Crippen LogP contribution in [0.3, 0.4) is 0 Å². The topological polar surface area (TPSA) is 55.1 Å². The second-order valence-corrected chi connectivity index (χ2v) is 5.66. The summed E-state index contributed by atoms with van der Waals surface area (Å²) in [6.07, 6.45) is 0.448. The minimum absolute atomic E-state index is 0.0734. The lowest BCUT2D eigenvalue weighted by atomic mass is 9.96. The second-order valence-electron chi connectivity index (χ2n) is 5.66. The van der Waals surface area contributed by atoms with Gasteiger partial charge in [0.25, 0.3) is 0 Å². The molecule has 0 saturated heterocycles. The molecule has 3 nitrogen and oxygen atoms in total. The van der Waals surface area contributed by atoms with E-state index in [9.17, 15) is 4.79 Å². The summed E-state index contributed by atoms with van der Waals surface area (Å²) < 4.78 is 0. The number of aryl methyl sites for hydroxylation is 1. The molecule has 0 heterocycles. The first-order valence-corrected chi connectivity index (χ1v) is 7.00. The van der Waals surface area contributed by atoms with Crippen molar-refractivity contribution in [1.82, 2.24) is 5.32 Å². The van der Waals surface area contributed by atoms with Gasteiger partial charge in [0, 0.05) is 6.54 Å². The zero-order valence-electron chi connectivity index (χ0n) is 12.5. The van der Waals surface area contributed by atoms with Gasteiger partial charge in [-0.25, -0.2) is 0 Å². The molecule has 0 fully saturated rings. The van der Waals surface area contributed by atoms with E-state index in [0.717, 1.165) is 5.56 Å². The second kappa shape index (κ2) is 7.29. The molecule has 19 heavy (non-hydrogen) atoms. The zero-order valence-corrected chi connectivity index (χ0v) is 12.5. The molecule has 3 N–H and O–H groups in total. The van der Waals surface area contributed by atoms with Gasteiger partial charge in [-0.1, -0.05) is 39.0 Å². The van der Waals surface area contributed by atoms with Gasteiger partial charge in [0.2, 0.25) is 5.91 Å². The van der Waals surface area contributed by atoms with Crippen LogP contribution in [0.15, 0.2) is 18.2 Å². The van der Waals surface area contributed by atoms with Crippen molar-refractivity contribution < 1.29 is 4.79 Å². The van der Waals surface area contributed by atoms with Gasteiger partial charge < -0.3 is 11.1 Å². The average molecular weight is 262 g/mol. The molecule has 106 valence electrons. The van der Waals surface area contributed by atoms with Crippen LogP contribution in [0.2, 0.25) is 0 Å². The lowest BCUT2D eigenvalue weighted by Crippen LogP contribution is -2.32. The molecule has 0 aliphatic heterocycles. The first-order valence-electron chi connectivity index (χ1n) is 7.00. The van der Waals surface area contributed by atoms with Gasteiger partial charge in [0.15, 0.2) is 0 Å². The zero-order chi connectivity index (χ0) is 14.4. The smallest absolute Gasteiger partial charge is 0.224 e. The molecular formula is C16H26N2O. The van der Waals surface area contributed by atoms with E-state index in [1.165, 1.54) is 11.1 Å². The van der Waals surface area contributed by atoms with Crippen molar-refractivity contribution >= 4 is 5.91 Å². The Bertz CT molecular complexity index is 427. The minimum Gasteiger partial charge on any atom is -0.355 e. The number of carbonyl (C=O) groups is 1. The normalized spacial score (nSPS) is 12.5. The molecule has 0 spiro atoms. The van der Waals surface area contributed by atoms with E-state index in [2.05, 4.69) is 44.3 Å². The third-order valence-electron chi connectivity index (χ3n) is 3.44. The highest BCUT2D eigenvalue weighted by Crippen LogP contribution is 2.19. The van der Waals surface area contributed by atoms with Crippen LogP contribution in [-0.2, 0) is 11.2 Å². The van der Waals surface area contributed by atoms with Crippen molar-refractivity contribution in [3.8, 4) is 0 Å². The lowest BCUT2D eigenvalue weighted by Gasteiger charge is -2.13. The van der Waals surface area contributed by atoms with Crippen molar-refractivity contribution in [1.29, 1.82) is 0 Å². The van der Waals surface area contributed by atoms with Crippen molar-refractivity contribution in [2.24, 2.45) is 11.7 Å². The first kappa shape index (κ1) is 15.7. The SMILES string of the molecule is Cc1ccc(C(C)C)cc1CC(=O)NCC(C)CN. The van der Waals surface area contributed by atoms with Crippen LogP contribution in [-0.4, -0.2) is 19.0 Å². The molecule has 0 aliphatic carbocycles. The highest BCUT2D eigenvalue weighted by Gasteiger charge is 2.09. The molecular weight excluding hydrogens is 236 g/mol. The van der Waals surface area contributed by atoms with Crippen LogP contribution in [0.5, 0.6) is 0 Å². The molecule has 0 bridgehead atoms. The Morgan fingerprint density at radius 1 is 1.32 bits per heavy atom. The molecule has 0 aliphatic rings. The van der Waals surface area contributed by atoms with Crippen LogP contribution in [0.25, 0.3) is 0 Å². The van der Waals surface area contributed by atoms with Crippen LogP contribution >= 0.6 is 0 Å². The fourth-order valence-electron chi connectivity index (χ4n) is 1.85. The Morgan fingerprint density at radius 3 is 2.58 bits per heavy atom. The van der Waals surface area contributed by atoms with Gasteiger partial charge >= 0.3 is 0 Å². The number of carbonyl (C=O) groups excluding carboxylic acids is 1. The van der Waals surface area contributed by atoms with Gasteiger partial charge in [0.1, 0.15) is 0 Å². The van der Waals surface area contributed by atoms with E-state index >= 15 is 0 Å². The summed E-state index contributed by atoms with van der Waals surface area (Å²) in [6.45, 7) is 9.66. The maximum absolute atomic E-state index is 11.9. The Labute approximate surface area is 116 Å². The van der Waals surface area contributed by atoms with Crippen molar-refractivity contribution in [2.75, 3.05) is 13.1 Å². The van der Waals surface area contributed by atoms with Crippen molar-refractivity contribution in [2.45, 2.75) is 40.0 Å². The quantitative estimate of drug-likeness (QED) is 0.827. The number of amides is 1. The summed E-state index contributed by atoms with van der Waals surface area (Å²) >= 11 is 0. The molecule has 1 unspecified atom stereocenters. The predicted octanol–water partition coefficient (Wildman–Crippen LogP) is 2.37. The summed E-state index contributed by atoms with van der Waals surface area (Å²) in [5.41, 5.74) is 9.11. The summed E-state index contributed by atoms with van der Waals surface area (Å²) in [4.78, 5) is 11.9. The van der Waals surface area contributed by atoms with Gasteiger partial charge in [0.05, 0.1) is 6.42 Å². The molecule has 1 atom stereocenters. The fraction of sp³-hybridized carbons (Fsp3) is 0.562. The number of nitrogens with two attached hydrogens (primary N) is 1. The third kappa shape index (κ3) is 5.03. The number of hydrogen-bond acceptors (Lipinski definition) is 2. The van der Waals surface area contributed by atoms with Gasteiger partial charge in [-0.15, -0.1) is 0 Å². The number of hydrogen-bond donors (Lipinski definition) is 2. The summed E-state index contributed by atoms with van der Waals surface area (Å²) in [7, 11) is 0. The first-order chi connectivity index (χ1) is 8.93. The van der Waals surface area contributed by atoms with Gasteiger partial charge in [-0.2, -0.15) is 0 Å². The minimum atomic E-state index is 0.0734. The number of rotatable bonds is 6. The van der Waals surface area contributed by atoms with Gasteiger partial charge in [-0.05, 0) is 42.0 Å². The molecule has 0 radical (unpaired) electrons. The summed E-state index contributed by atoms with van der Waals surface area (Å²) in [5, 5.41) is 2.94. The average Bonchev–Trinajstić information content (AvgIpc) is 2.38. The lowest BCUT2D eigenvalue weighted by molar-refractivity contribution is -0.120. The monoisotopic (exact) mass is 262 g/mol. The highest BCUT2D eigenvalue weighted by molar-refractivity contribution is 5.79. The largest absolute Gasteiger partial charge is 0.355 e. The molecule has 1 aromatic carbocycles. The Morgan fingerprint density at radius 2 is 2.00 bits per heavy atom. The predicted molar refractivity (Wildman–Crippen MR) is 80.2 cm³/mol. The Hall–Kier alpha value is -1.35. The third-order valence-corrected chi connectivity index (χ3v) is 3.44. The van der Waals surface area contributed by atoms with Crippen molar-refractivity contribution in [3.05, 3.63) is 34.9 Å². The maximum atomic E-state index is 11.9. The maximum Gasteiger partial charge on any atom is 0.224 e.